The lowest BCUT2D eigenvalue weighted by atomic mass is 9.95. The molecule has 7 aromatic rings. The summed E-state index contributed by atoms with van der Waals surface area (Å²) < 4.78 is 12.0. The number of aliphatic imine (C=N–C) groups is 2. The predicted molar refractivity (Wildman–Crippen MR) is 233 cm³/mol. The summed E-state index contributed by atoms with van der Waals surface area (Å²) >= 11 is 0. The minimum absolute atomic E-state index is 0.108. The Labute approximate surface area is 340 Å². The van der Waals surface area contributed by atoms with Crippen molar-refractivity contribution >= 4 is 63.4 Å². The molecule has 1 aromatic heterocycles. The molecule has 0 saturated carbocycles. The molecule has 3 aliphatic rings. The largest absolute Gasteiger partial charge is 0.457 e. The summed E-state index contributed by atoms with van der Waals surface area (Å²) in [6.07, 6.45) is 3.76. The molecule has 8 nitrogen and oxygen atoms in total. The molecule has 4 heterocycles. The average Bonchev–Trinajstić information content (AvgIpc) is 4.08. The molecule has 0 radical (unpaired) electrons. The topological polar surface area (TPSA) is 105 Å². The molecule has 59 heavy (non-hydrogen) atoms. The van der Waals surface area contributed by atoms with Crippen molar-refractivity contribution in [2.24, 2.45) is 9.98 Å². The highest BCUT2D eigenvalue weighted by atomic mass is 16.5. The lowest BCUT2D eigenvalue weighted by molar-refractivity contribution is -0.139. The molecule has 0 amide bonds. The number of ether oxygens (including phenoxy) is 2. The van der Waals surface area contributed by atoms with Gasteiger partial charge in [-0.2, -0.15) is 0 Å². The zero-order valence-electron chi connectivity index (χ0n) is 31.8. The molecule has 6 aromatic carbocycles. The predicted octanol–water partition coefficient (Wildman–Crippen LogP) is 9.77. The highest BCUT2D eigenvalue weighted by Gasteiger charge is 2.34. The first-order valence-corrected chi connectivity index (χ1v) is 19.5. The smallest absolute Gasteiger partial charge is 0.342 e. The normalized spacial score (nSPS) is 15.9. The van der Waals surface area contributed by atoms with E-state index in [4.69, 9.17) is 19.5 Å². The van der Waals surface area contributed by atoms with Gasteiger partial charge in [0.15, 0.2) is 0 Å². The van der Waals surface area contributed by atoms with Gasteiger partial charge in [0, 0.05) is 57.0 Å². The summed E-state index contributed by atoms with van der Waals surface area (Å²) in [5, 5.41) is 5.20. The average molecular weight is 769 g/mol. The number of rotatable bonds is 9. The number of aromatic amines is 1. The third kappa shape index (κ3) is 6.66. The fraction of sp³-hybridized carbons (Fsp3) is 0.0588. The van der Waals surface area contributed by atoms with E-state index < -0.39 is 11.9 Å². The second-order valence-corrected chi connectivity index (χ2v) is 14.4. The summed E-state index contributed by atoms with van der Waals surface area (Å²) in [4.78, 5) is 42.3. The van der Waals surface area contributed by atoms with E-state index in [1.807, 2.05) is 158 Å². The molecule has 2 N–H and O–H groups in total. The molecule has 3 aliphatic heterocycles. The number of hydrogen-bond acceptors (Lipinski definition) is 7. The molecular weight excluding hydrogens is 733 g/mol. The number of esters is 2. The van der Waals surface area contributed by atoms with Crippen LogP contribution in [0.3, 0.4) is 0 Å². The minimum atomic E-state index is -0.495. The SMILES string of the molecule is O=C(OCc1ccccc1)/C(C1=N/C(=C\c2[nH]c(/C(C(=O)OCc3ccccc3)=C3\N=Cc4ccccc43)c3ccccc23)c2ccccc21)=C1/NCc2ccccc21. The summed E-state index contributed by atoms with van der Waals surface area (Å²) in [6.45, 7) is 0.805. The van der Waals surface area contributed by atoms with Crippen LogP contribution in [-0.4, -0.2) is 28.8 Å². The van der Waals surface area contributed by atoms with Crippen LogP contribution < -0.4 is 5.32 Å². The molecule has 284 valence electrons. The van der Waals surface area contributed by atoms with Gasteiger partial charge < -0.3 is 19.8 Å². The summed E-state index contributed by atoms with van der Waals surface area (Å²) in [5.41, 5.74) is 11.6. The van der Waals surface area contributed by atoms with Crippen molar-refractivity contribution in [3.05, 3.63) is 219 Å². The third-order valence-corrected chi connectivity index (χ3v) is 10.8. The van der Waals surface area contributed by atoms with Crippen molar-refractivity contribution in [1.29, 1.82) is 0 Å². The minimum Gasteiger partial charge on any atom is -0.457 e. The molecule has 0 atom stereocenters. The molecule has 0 saturated heterocycles. The van der Waals surface area contributed by atoms with Gasteiger partial charge in [0.1, 0.15) is 24.4 Å². The van der Waals surface area contributed by atoms with Crippen LogP contribution in [0.15, 0.2) is 173 Å². The Morgan fingerprint density at radius 3 is 1.90 bits per heavy atom. The zero-order chi connectivity index (χ0) is 39.7. The van der Waals surface area contributed by atoms with E-state index in [1.54, 1.807) is 6.21 Å². The van der Waals surface area contributed by atoms with Gasteiger partial charge in [-0.1, -0.05) is 158 Å². The second-order valence-electron chi connectivity index (χ2n) is 14.4. The fourth-order valence-corrected chi connectivity index (χ4v) is 7.98. The maximum atomic E-state index is 14.4. The number of nitrogens with zero attached hydrogens (tertiary/aromatic N) is 2. The van der Waals surface area contributed by atoms with Crippen LogP contribution in [0.2, 0.25) is 0 Å². The highest BCUT2D eigenvalue weighted by molar-refractivity contribution is 6.35. The van der Waals surface area contributed by atoms with Crippen molar-refractivity contribution in [2.75, 3.05) is 0 Å². The van der Waals surface area contributed by atoms with Crippen molar-refractivity contribution < 1.29 is 19.1 Å². The van der Waals surface area contributed by atoms with E-state index in [0.717, 1.165) is 61.0 Å². The number of H-pyrrole nitrogens is 1. The molecular formula is C51H36N4O4. The Morgan fingerprint density at radius 2 is 1.17 bits per heavy atom. The van der Waals surface area contributed by atoms with Gasteiger partial charge in [0.25, 0.3) is 0 Å². The first kappa shape index (κ1) is 35.6. The number of carbonyl (C=O) groups is 2. The number of fused-ring (bicyclic) bond motifs is 4. The van der Waals surface area contributed by atoms with Gasteiger partial charge in [0.05, 0.1) is 28.5 Å². The van der Waals surface area contributed by atoms with Crippen LogP contribution in [0.1, 0.15) is 55.9 Å². The molecule has 0 fully saturated rings. The molecule has 0 aliphatic carbocycles. The number of nitrogens with one attached hydrogen (secondary N) is 2. The maximum absolute atomic E-state index is 14.4. The van der Waals surface area contributed by atoms with E-state index in [9.17, 15) is 9.59 Å². The monoisotopic (exact) mass is 768 g/mol. The molecule has 10 rings (SSSR count). The molecule has 0 spiro atoms. The van der Waals surface area contributed by atoms with Crippen molar-refractivity contribution in [2.45, 2.75) is 19.8 Å². The lowest BCUT2D eigenvalue weighted by Gasteiger charge is -2.14. The number of carbonyl (C=O) groups excluding carboxylic acids is 2. The molecule has 8 heteroatoms. The Balaban J connectivity index is 1.11. The van der Waals surface area contributed by atoms with Gasteiger partial charge in [-0.25, -0.2) is 14.6 Å². The van der Waals surface area contributed by atoms with E-state index in [1.165, 1.54) is 0 Å². The Morgan fingerprint density at radius 1 is 0.593 bits per heavy atom. The van der Waals surface area contributed by atoms with E-state index in [-0.39, 0.29) is 13.2 Å². The summed E-state index contributed by atoms with van der Waals surface area (Å²) in [6, 6.07) is 51.0. The third-order valence-electron chi connectivity index (χ3n) is 10.8. The summed E-state index contributed by atoms with van der Waals surface area (Å²) in [7, 11) is 0. The van der Waals surface area contributed by atoms with Crippen LogP contribution in [0.25, 0.3) is 39.5 Å². The number of hydrogen-bond donors (Lipinski definition) is 2. The van der Waals surface area contributed by atoms with Crippen LogP contribution in [-0.2, 0) is 38.8 Å². The maximum Gasteiger partial charge on any atom is 0.342 e. The molecule has 0 bridgehead atoms. The van der Waals surface area contributed by atoms with Crippen molar-refractivity contribution in [3.8, 4) is 0 Å². The van der Waals surface area contributed by atoms with Gasteiger partial charge in [-0.05, 0) is 22.8 Å². The fourth-order valence-electron chi connectivity index (χ4n) is 7.98. The first-order valence-electron chi connectivity index (χ1n) is 19.5. The highest BCUT2D eigenvalue weighted by Crippen LogP contribution is 2.41. The van der Waals surface area contributed by atoms with Gasteiger partial charge in [0.2, 0.25) is 0 Å². The van der Waals surface area contributed by atoms with Crippen molar-refractivity contribution in [1.82, 2.24) is 10.3 Å². The quantitative estimate of drug-likeness (QED) is 0.112. The first-order chi connectivity index (χ1) is 29.1. The van der Waals surface area contributed by atoms with Crippen molar-refractivity contribution in [3.63, 3.8) is 0 Å². The summed E-state index contributed by atoms with van der Waals surface area (Å²) in [5.74, 6) is -0.969. The van der Waals surface area contributed by atoms with Crippen LogP contribution >= 0.6 is 0 Å². The zero-order valence-corrected chi connectivity index (χ0v) is 31.8. The Kier molecular flexibility index (Phi) is 9.19. The Bertz CT molecular complexity index is 2970. The van der Waals surface area contributed by atoms with Gasteiger partial charge in [-0.15, -0.1) is 0 Å². The van der Waals surface area contributed by atoms with E-state index in [0.29, 0.717) is 46.2 Å². The van der Waals surface area contributed by atoms with Crippen LogP contribution in [0.4, 0.5) is 0 Å². The standard InChI is InChI=1S/C51H36N4O4/c56-50(58-30-32-15-3-1-4-16-32)44(46-36-21-9-7-19-34(36)28-52-46)48-40-25-13-11-23-38(40)42(54-48)27-43-39-24-12-14-26-41(39)49(55-43)45(47-37-22-10-8-20-35(37)29-53-47)51(57)59-31-33-17-5-2-6-18-33/h1-28,53-54H,29-31H2/b43-27-,46-44+,47-45+. The molecule has 0 unspecified atom stereocenters. The lowest BCUT2D eigenvalue weighted by Crippen LogP contribution is -2.21. The number of aromatic nitrogens is 1. The Hall–Kier alpha value is -7.84. The van der Waals surface area contributed by atoms with E-state index >= 15 is 0 Å². The van der Waals surface area contributed by atoms with Gasteiger partial charge >= 0.3 is 11.9 Å². The number of benzene rings is 6. The van der Waals surface area contributed by atoms with E-state index in [2.05, 4.69) is 16.4 Å². The van der Waals surface area contributed by atoms with Crippen LogP contribution in [0.5, 0.6) is 0 Å². The second kappa shape index (κ2) is 15.2. The van der Waals surface area contributed by atoms with Gasteiger partial charge in [-0.3, -0.25) is 4.99 Å². The van der Waals surface area contributed by atoms with Crippen LogP contribution in [0, 0.1) is 0 Å².